The van der Waals surface area contributed by atoms with Gasteiger partial charge in [0.25, 0.3) is 0 Å². The largest absolute Gasteiger partial charge is 0.352 e. The summed E-state index contributed by atoms with van der Waals surface area (Å²) in [6.07, 6.45) is 3.05. The molecule has 0 spiro atoms. The Kier molecular flexibility index (Phi) is 6.05. The van der Waals surface area contributed by atoms with Crippen molar-refractivity contribution in [2.24, 2.45) is 5.92 Å². The van der Waals surface area contributed by atoms with Crippen molar-refractivity contribution in [1.82, 2.24) is 5.32 Å². The fourth-order valence-electron chi connectivity index (χ4n) is 2.23. The van der Waals surface area contributed by atoms with E-state index in [2.05, 4.69) is 5.32 Å². The predicted molar refractivity (Wildman–Crippen MR) is 82.5 cm³/mol. The summed E-state index contributed by atoms with van der Waals surface area (Å²) >= 11 is 7.74. The first kappa shape index (κ1) is 14.7. The van der Waals surface area contributed by atoms with E-state index >= 15 is 0 Å². The zero-order chi connectivity index (χ0) is 13.5. The van der Waals surface area contributed by atoms with Crippen LogP contribution in [0.4, 0.5) is 0 Å². The van der Waals surface area contributed by atoms with E-state index in [-0.39, 0.29) is 5.91 Å². The van der Waals surface area contributed by atoms with E-state index in [9.17, 15) is 4.79 Å². The summed E-state index contributed by atoms with van der Waals surface area (Å²) in [5, 5.41) is 3.00. The monoisotopic (exact) mass is 297 g/mol. The van der Waals surface area contributed by atoms with Crippen LogP contribution in [0.5, 0.6) is 0 Å². The van der Waals surface area contributed by atoms with Crippen LogP contribution in [0.25, 0.3) is 0 Å². The van der Waals surface area contributed by atoms with Crippen molar-refractivity contribution in [1.29, 1.82) is 0 Å². The fourth-order valence-corrected chi connectivity index (χ4v) is 3.61. The first-order valence-corrected chi connectivity index (χ1v) is 8.45. The lowest BCUT2D eigenvalue weighted by Crippen LogP contribution is -2.26. The molecule has 1 fully saturated rings. The number of nitrogens with one attached hydrogen (secondary N) is 1. The van der Waals surface area contributed by atoms with Gasteiger partial charge in [-0.25, -0.2) is 0 Å². The molecule has 0 atom stereocenters. The molecule has 19 heavy (non-hydrogen) atoms. The van der Waals surface area contributed by atoms with Crippen molar-refractivity contribution in [3.05, 3.63) is 35.4 Å². The third-order valence-corrected chi connectivity index (χ3v) is 4.84. The molecular formula is C15H20ClNOS. The Balaban J connectivity index is 1.72. The Morgan fingerprint density at radius 3 is 2.47 bits per heavy atom. The van der Waals surface area contributed by atoms with Gasteiger partial charge in [-0.2, -0.15) is 11.8 Å². The van der Waals surface area contributed by atoms with Gasteiger partial charge in [-0.05, 0) is 41.4 Å². The Labute approximate surface area is 124 Å². The minimum Gasteiger partial charge on any atom is -0.352 e. The Hall–Kier alpha value is -0.670. The van der Waals surface area contributed by atoms with Crippen LogP contribution in [0.15, 0.2) is 24.3 Å². The zero-order valence-electron chi connectivity index (χ0n) is 11.0. The van der Waals surface area contributed by atoms with Crippen molar-refractivity contribution in [2.45, 2.75) is 31.7 Å². The summed E-state index contributed by atoms with van der Waals surface area (Å²) in [6.45, 7) is 0.614. The first-order chi connectivity index (χ1) is 9.28. The molecule has 1 aliphatic heterocycles. The van der Waals surface area contributed by atoms with Gasteiger partial charge in [0.2, 0.25) is 5.91 Å². The summed E-state index contributed by atoms with van der Waals surface area (Å²) in [4.78, 5) is 11.9. The van der Waals surface area contributed by atoms with E-state index in [0.717, 1.165) is 11.1 Å². The number of hydrogen-bond donors (Lipinski definition) is 1. The van der Waals surface area contributed by atoms with Crippen LogP contribution in [0.3, 0.4) is 0 Å². The second-order valence-corrected chi connectivity index (χ2v) is 6.48. The molecule has 104 valence electrons. The molecular weight excluding hydrogens is 278 g/mol. The maximum Gasteiger partial charge on any atom is 0.220 e. The van der Waals surface area contributed by atoms with Crippen LogP contribution < -0.4 is 5.32 Å². The molecule has 1 aromatic rings. The van der Waals surface area contributed by atoms with Crippen LogP contribution in [-0.2, 0) is 17.2 Å². The van der Waals surface area contributed by atoms with Gasteiger partial charge in [-0.15, -0.1) is 11.6 Å². The third kappa shape index (κ3) is 5.07. The lowest BCUT2D eigenvalue weighted by Gasteiger charge is -2.20. The number of alkyl halides is 1. The van der Waals surface area contributed by atoms with Crippen LogP contribution in [0.2, 0.25) is 0 Å². The second-order valence-electron chi connectivity index (χ2n) is 4.99. The topological polar surface area (TPSA) is 29.1 Å². The summed E-state index contributed by atoms with van der Waals surface area (Å²) in [5.74, 6) is 3.71. The third-order valence-electron chi connectivity index (χ3n) is 3.48. The van der Waals surface area contributed by atoms with E-state index in [0.29, 0.717) is 24.8 Å². The molecule has 4 heteroatoms. The van der Waals surface area contributed by atoms with Crippen LogP contribution in [-0.4, -0.2) is 17.4 Å². The average molecular weight is 298 g/mol. The van der Waals surface area contributed by atoms with Gasteiger partial charge in [-0.3, -0.25) is 4.79 Å². The fraction of sp³-hybridized carbons (Fsp3) is 0.533. The molecule has 2 rings (SSSR count). The molecule has 0 unspecified atom stereocenters. The molecule has 0 bridgehead atoms. The zero-order valence-corrected chi connectivity index (χ0v) is 12.6. The van der Waals surface area contributed by atoms with E-state index < -0.39 is 0 Å². The minimum absolute atomic E-state index is 0.179. The van der Waals surface area contributed by atoms with Gasteiger partial charge in [0.15, 0.2) is 0 Å². The van der Waals surface area contributed by atoms with E-state index in [1.165, 1.54) is 24.3 Å². The van der Waals surface area contributed by atoms with Gasteiger partial charge in [0, 0.05) is 18.8 Å². The minimum atomic E-state index is 0.179. The SMILES string of the molecule is O=C(CC1CCSCC1)NCc1ccc(CCl)cc1. The number of carbonyl (C=O) groups excluding carboxylic acids is 1. The van der Waals surface area contributed by atoms with E-state index in [1.54, 1.807) is 0 Å². The molecule has 1 N–H and O–H groups in total. The normalized spacial score (nSPS) is 16.3. The van der Waals surface area contributed by atoms with E-state index in [1.807, 2.05) is 36.0 Å². The van der Waals surface area contributed by atoms with Crippen molar-refractivity contribution < 1.29 is 4.79 Å². The molecule has 0 radical (unpaired) electrons. The number of rotatable bonds is 5. The standard InChI is InChI=1S/C15H20ClNOS/c16-10-13-1-3-14(4-2-13)11-17-15(18)9-12-5-7-19-8-6-12/h1-4,12H,5-11H2,(H,17,18). The predicted octanol–water partition coefficient (Wildman–Crippen LogP) is 3.57. The summed E-state index contributed by atoms with van der Waals surface area (Å²) in [7, 11) is 0. The van der Waals surface area contributed by atoms with Crippen molar-refractivity contribution in [2.75, 3.05) is 11.5 Å². The van der Waals surface area contributed by atoms with Crippen LogP contribution >= 0.6 is 23.4 Å². The molecule has 1 aliphatic rings. The number of benzene rings is 1. The quantitative estimate of drug-likeness (QED) is 0.842. The highest BCUT2D eigenvalue weighted by molar-refractivity contribution is 7.99. The van der Waals surface area contributed by atoms with Crippen molar-refractivity contribution in [3.63, 3.8) is 0 Å². The highest BCUT2D eigenvalue weighted by Gasteiger charge is 2.16. The molecule has 0 aliphatic carbocycles. The van der Waals surface area contributed by atoms with E-state index in [4.69, 9.17) is 11.6 Å². The molecule has 1 heterocycles. The van der Waals surface area contributed by atoms with Gasteiger partial charge in [0.05, 0.1) is 0 Å². The maximum absolute atomic E-state index is 11.9. The van der Waals surface area contributed by atoms with Gasteiger partial charge in [0.1, 0.15) is 0 Å². The molecule has 0 saturated carbocycles. The van der Waals surface area contributed by atoms with Crippen LogP contribution in [0, 0.1) is 5.92 Å². The number of halogens is 1. The smallest absolute Gasteiger partial charge is 0.220 e. The number of hydrogen-bond acceptors (Lipinski definition) is 2. The van der Waals surface area contributed by atoms with Gasteiger partial charge < -0.3 is 5.32 Å². The van der Waals surface area contributed by atoms with Gasteiger partial charge >= 0.3 is 0 Å². The molecule has 2 nitrogen and oxygen atoms in total. The number of carbonyl (C=O) groups is 1. The highest BCUT2D eigenvalue weighted by atomic mass is 35.5. The second kappa shape index (κ2) is 7.81. The average Bonchev–Trinajstić information content (AvgIpc) is 2.47. The van der Waals surface area contributed by atoms with Crippen LogP contribution in [0.1, 0.15) is 30.4 Å². The Morgan fingerprint density at radius 1 is 1.21 bits per heavy atom. The van der Waals surface area contributed by atoms with Gasteiger partial charge in [-0.1, -0.05) is 24.3 Å². The molecule has 0 aromatic heterocycles. The number of thioether (sulfide) groups is 1. The van der Waals surface area contributed by atoms with Crippen molar-refractivity contribution >= 4 is 29.3 Å². The summed E-state index contributed by atoms with van der Waals surface area (Å²) < 4.78 is 0. The molecule has 1 saturated heterocycles. The Morgan fingerprint density at radius 2 is 1.84 bits per heavy atom. The lowest BCUT2D eigenvalue weighted by atomic mass is 9.98. The first-order valence-electron chi connectivity index (χ1n) is 6.76. The lowest BCUT2D eigenvalue weighted by molar-refractivity contribution is -0.122. The molecule has 1 amide bonds. The summed E-state index contributed by atoms with van der Waals surface area (Å²) in [5.41, 5.74) is 2.23. The molecule has 1 aromatic carbocycles. The maximum atomic E-state index is 11.9. The summed E-state index contributed by atoms with van der Waals surface area (Å²) in [6, 6.07) is 8.06. The Bertz CT molecular complexity index is 401. The van der Waals surface area contributed by atoms with Crippen molar-refractivity contribution in [3.8, 4) is 0 Å². The highest BCUT2D eigenvalue weighted by Crippen LogP contribution is 2.25. The number of amides is 1.